The van der Waals surface area contributed by atoms with E-state index in [0.717, 1.165) is 22.5 Å². The van der Waals surface area contributed by atoms with Crippen molar-refractivity contribution in [1.29, 1.82) is 0 Å². The molecule has 0 bridgehead atoms. The van der Waals surface area contributed by atoms with E-state index in [-0.39, 0.29) is 37.4 Å². The van der Waals surface area contributed by atoms with Gasteiger partial charge in [0, 0.05) is 12.7 Å². The Morgan fingerprint density at radius 2 is 1.73 bits per heavy atom. The van der Waals surface area contributed by atoms with Gasteiger partial charge in [-0.15, -0.1) is 0 Å². The Labute approximate surface area is 175 Å². The molecule has 3 N–H and O–H groups in total. The maximum atomic E-state index is 12.5. The van der Waals surface area contributed by atoms with Crippen LogP contribution in [0, 0.1) is 13.8 Å². The second kappa shape index (κ2) is 9.30. The van der Waals surface area contributed by atoms with Crippen LogP contribution in [0.3, 0.4) is 0 Å². The Hall–Kier alpha value is -3.55. The fourth-order valence-electron chi connectivity index (χ4n) is 3.36. The normalized spacial score (nSPS) is 14.9. The monoisotopic (exact) mass is 410 g/mol. The second-order valence-electron chi connectivity index (χ2n) is 7.16. The highest BCUT2D eigenvalue weighted by atomic mass is 16.5. The number of aryl methyl sites for hydroxylation is 2. The minimum absolute atomic E-state index is 0.00450. The summed E-state index contributed by atoms with van der Waals surface area (Å²) in [6.45, 7) is 3.93. The first-order valence-corrected chi connectivity index (χ1v) is 9.74. The fourth-order valence-corrected chi connectivity index (χ4v) is 3.36. The highest BCUT2D eigenvalue weighted by Gasteiger charge is 2.31. The number of rotatable bonds is 6. The molecule has 0 radical (unpaired) electrons. The first-order chi connectivity index (χ1) is 14.4. The summed E-state index contributed by atoms with van der Waals surface area (Å²) in [6.07, 6.45) is -0.718. The van der Waals surface area contributed by atoms with Crippen LogP contribution in [0.1, 0.15) is 11.1 Å². The Balaban J connectivity index is 1.60. The maximum absolute atomic E-state index is 12.5. The van der Waals surface area contributed by atoms with E-state index >= 15 is 0 Å². The van der Waals surface area contributed by atoms with Crippen molar-refractivity contribution in [3.63, 3.8) is 0 Å². The van der Waals surface area contributed by atoms with Gasteiger partial charge in [0.05, 0.1) is 25.3 Å². The number of anilines is 2. The molecule has 0 aliphatic carbocycles. The van der Waals surface area contributed by atoms with Gasteiger partial charge in [0.2, 0.25) is 11.8 Å². The molecule has 3 amide bonds. The molecule has 0 spiro atoms. The standard InChI is InChI=1S/C22H26N4O4/c1-14-7-6-8-15(2)21(14)25-19(27)11-24-20(28)13-26-12-18(22(29)23-3)30-17-10-5-4-9-16(17)26/h4-10,18H,11-13H2,1-3H3,(H,23,29)(H,24,28)(H,25,27)/t18-/m1/s1. The van der Waals surface area contributed by atoms with Crippen molar-refractivity contribution in [2.75, 3.05) is 36.9 Å². The number of hydrogen-bond acceptors (Lipinski definition) is 5. The number of amides is 3. The summed E-state index contributed by atoms with van der Waals surface area (Å²) in [5.41, 5.74) is 3.40. The number of nitrogens with zero attached hydrogens (tertiary/aromatic N) is 1. The summed E-state index contributed by atoms with van der Waals surface area (Å²) in [4.78, 5) is 38.6. The summed E-state index contributed by atoms with van der Waals surface area (Å²) in [5, 5.41) is 8.05. The molecule has 158 valence electrons. The molecule has 8 heteroatoms. The van der Waals surface area contributed by atoms with E-state index in [1.54, 1.807) is 17.0 Å². The largest absolute Gasteiger partial charge is 0.477 e. The van der Waals surface area contributed by atoms with Crippen molar-refractivity contribution < 1.29 is 19.1 Å². The molecule has 30 heavy (non-hydrogen) atoms. The van der Waals surface area contributed by atoms with Crippen molar-refractivity contribution in [2.45, 2.75) is 20.0 Å². The zero-order valence-corrected chi connectivity index (χ0v) is 17.3. The average Bonchev–Trinajstić information content (AvgIpc) is 2.74. The van der Waals surface area contributed by atoms with E-state index in [9.17, 15) is 14.4 Å². The van der Waals surface area contributed by atoms with E-state index in [4.69, 9.17) is 4.74 Å². The number of para-hydroxylation sites is 3. The van der Waals surface area contributed by atoms with Gasteiger partial charge in [0.1, 0.15) is 5.75 Å². The van der Waals surface area contributed by atoms with Crippen LogP contribution in [0.5, 0.6) is 5.75 Å². The van der Waals surface area contributed by atoms with Crippen LogP contribution in [0.2, 0.25) is 0 Å². The Kier molecular flexibility index (Phi) is 6.56. The third-order valence-corrected chi connectivity index (χ3v) is 4.93. The number of likely N-dealkylation sites (N-methyl/N-ethyl adjacent to an activating group) is 1. The van der Waals surface area contributed by atoms with Gasteiger partial charge in [-0.3, -0.25) is 14.4 Å². The van der Waals surface area contributed by atoms with Gasteiger partial charge in [-0.05, 0) is 37.1 Å². The van der Waals surface area contributed by atoms with E-state index in [0.29, 0.717) is 5.75 Å². The van der Waals surface area contributed by atoms with Crippen LogP contribution in [-0.4, -0.2) is 50.5 Å². The van der Waals surface area contributed by atoms with Crippen LogP contribution >= 0.6 is 0 Å². The number of fused-ring (bicyclic) bond motifs is 1. The van der Waals surface area contributed by atoms with Crippen molar-refractivity contribution in [1.82, 2.24) is 10.6 Å². The highest BCUT2D eigenvalue weighted by molar-refractivity contribution is 5.96. The van der Waals surface area contributed by atoms with Crippen LogP contribution in [0.25, 0.3) is 0 Å². The SMILES string of the molecule is CNC(=O)[C@H]1CN(CC(=O)NCC(=O)Nc2c(C)cccc2C)c2ccccc2O1. The van der Waals surface area contributed by atoms with Crippen LogP contribution in [0.15, 0.2) is 42.5 Å². The molecule has 8 nitrogen and oxygen atoms in total. The van der Waals surface area contributed by atoms with E-state index in [1.807, 2.05) is 44.2 Å². The van der Waals surface area contributed by atoms with E-state index in [2.05, 4.69) is 16.0 Å². The lowest BCUT2D eigenvalue weighted by Crippen LogP contribution is -2.51. The number of nitrogens with one attached hydrogen (secondary N) is 3. The molecule has 1 atom stereocenters. The first-order valence-electron chi connectivity index (χ1n) is 9.74. The Morgan fingerprint density at radius 3 is 2.43 bits per heavy atom. The molecular weight excluding hydrogens is 384 g/mol. The van der Waals surface area contributed by atoms with Gasteiger partial charge in [0.15, 0.2) is 6.10 Å². The van der Waals surface area contributed by atoms with Crippen LogP contribution in [0.4, 0.5) is 11.4 Å². The molecule has 2 aromatic rings. The molecule has 1 heterocycles. The zero-order valence-electron chi connectivity index (χ0n) is 17.3. The highest BCUT2D eigenvalue weighted by Crippen LogP contribution is 2.32. The summed E-state index contributed by atoms with van der Waals surface area (Å²) in [5.74, 6) is -0.341. The number of benzene rings is 2. The Morgan fingerprint density at radius 1 is 1.03 bits per heavy atom. The van der Waals surface area contributed by atoms with Crippen molar-refractivity contribution in [3.8, 4) is 5.75 Å². The average molecular weight is 410 g/mol. The summed E-state index contributed by atoms with van der Waals surface area (Å²) >= 11 is 0. The maximum Gasteiger partial charge on any atom is 0.262 e. The third-order valence-electron chi connectivity index (χ3n) is 4.93. The second-order valence-corrected chi connectivity index (χ2v) is 7.16. The summed E-state index contributed by atoms with van der Waals surface area (Å²) < 4.78 is 5.73. The van der Waals surface area contributed by atoms with Crippen LogP contribution < -0.4 is 25.6 Å². The van der Waals surface area contributed by atoms with Gasteiger partial charge in [-0.2, -0.15) is 0 Å². The van der Waals surface area contributed by atoms with Crippen LogP contribution in [-0.2, 0) is 14.4 Å². The first kappa shape index (κ1) is 21.2. The predicted octanol–water partition coefficient (Wildman–Crippen LogP) is 1.37. The Bertz CT molecular complexity index is 940. The zero-order chi connectivity index (χ0) is 21.7. The minimum Gasteiger partial charge on any atom is -0.477 e. The van der Waals surface area contributed by atoms with Gasteiger partial charge in [-0.25, -0.2) is 0 Å². The molecule has 2 aromatic carbocycles. The van der Waals surface area contributed by atoms with Gasteiger partial charge in [0.25, 0.3) is 5.91 Å². The molecule has 0 aromatic heterocycles. The third kappa shape index (κ3) is 4.89. The van der Waals surface area contributed by atoms with Crippen molar-refractivity contribution in [3.05, 3.63) is 53.6 Å². The molecule has 0 saturated heterocycles. The lowest BCUT2D eigenvalue weighted by atomic mass is 10.1. The molecule has 0 saturated carbocycles. The lowest BCUT2D eigenvalue weighted by molar-refractivity contribution is -0.127. The van der Waals surface area contributed by atoms with Gasteiger partial charge in [-0.1, -0.05) is 30.3 Å². The lowest BCUT2D eigenvalue weighted by Gasteiger charge is -2.34. The molecular formula is C22H26N4O4. The quantitative estimate of drug-likeness (QED) is 0.668. The molecule has 1 aliphatic rings. The van der Waals surface area contributed by atoms with E-state index < -0.39 is 6.10 Å². The summed E-state index contributed by atoms with van der Waals surface area (Å²) in [6, 6.07) is 13.0. The molecule has 0 unspecified atom stereocenters. The molecule has 0 fully saturated rings. The van der Waals surface area contributed by atoms with Crippen molar-refractivity contribution in [2.24, 2.45) is 0 Å². The predicted molar refractivity (Wildman–Crippen MR) is 115 cm³/mol. The number of carbonyl (C=O) groups is 3. The smallest absolute Gasteiger partial charge is 0.262 e. The number of ether oxygens (including phenoxy) is 1. The van der Waals surface area contributed by atoms with Gasteiger partial charge >= 0.3 is 0 Å². The molecule has 3 rings (SSSR count). The topological polar surface area (TPSA) is 99.8 Å². The number of carbonyl (C=O) groups excluding carboxylic acids is 3. The van der Waals surface area contributed by atoms with Gasteiger partial charge < -0.3 is 25.6 Å². The van der Waals surface area contributed by atoms with Crippen molar-refractivity contribution >= 4 is 29.1 Å². The number of hydrogen-bond donors (Lipinski definition) is 3. The minimum atomic E-state index is -0.718. The molecule has 1 aliphatic heterocycles. The fraction of sp³-hybridized carbons (Fsp3) is 0.318. The van der Waals surface area contributed by atoms with E-state index in [1.165, 1.54) is 7.05 Å². The summed E-state index contributed by atoms with van der Waals surface area (Å²) in [7, 11) is 1.54.